The second kappa shape index (κ2) is 4.05. The smallest absolute Gasteiger partial charge is 0.0745 e. The van der Waals surface area contributed by atoms with E-state index in [-0.39, 0.29) is 0 Å². The molecule has 0 unspecified atom stereocenters. The lowest BCUT2D eigenvalue weighted by Crippen LogP contribution is -2.15. The number of hydrogen-bond donors (Lipinski definition) is 1. The van der Waals surface area contributed by atoms with Gasteiger partial charge < -0.3 is 4.84 Å². The van der Waals surface area contributed by atoms with E-state index in [2.05, 4.69) is 15.8 Å². The molecule has 0 amide bonds. The molecule has 0 spiro atoms. The van der Waals surface area contributed by atoms with Crippen LogP contribution in [0.4, 0.5) is 0 Å². The highest BCUT2D eigenvalue weighted by Crippen LogP contribution is 1.90. The van der Waals surface area contributed by atoms with E-state index < -0.39 is 0 Å². The Morgan fingerprint density at radius 1 is 1.73 bits per heavy atom. The fourth-order valence-corrected chi connectivity index (χ4v) is 0.698. The van der Waals surface area contributed by atoms with Gasteiger partial charge in [0.2, 0.25) is 0 Å². The van der Waals surface area contributed by atoms with E-state index in [1.165, 1.54) is 0 Å². The Kier molecular flexibility index (Phi) is 3.00. The van der Waals surface area contributed by atoms with E-state index >= 15 is 0 Å². The summed E-state index contributed by atoms with van der Waals surface area (Å²) in [5.41, 5.74) is 3.78. The van der Waals surface area contributed by atoms with Crippen molar-refractivity contribution in [1.29, 1.82) is 0 Å². The largest absolute Gasteiger partial charge is 0.302 e. The Morgan fingerprint density at radius 3 is 3.09 bits per heavy atom. The normalized spacial score (nSPS) is 10.4. The molecule has 0 atom stereocenters. The van der Waals surface area contributed by atoms with Gasteiger partial charge in [-0.05, 0) is 6.92 Å². The van der Waals surface area contributed by atoms with Crippen LogP contribution in [0.15, 0.2) is 6.20 Å². The number of nitrogens with zero attached hydrogens (tertiary/aromatic N) is 3. The highest BCUT2D eigenvalue weighted by atomic mass is 16.6. The molecule has 11 heavy (non-hydrogen) atoms. The number of aromatic nitrogens is 3. The van der Waals surface area contributed by atoms with Gasteiger partial charge in [-0.1, -0.05) is 5.21 Å². The maximum Gasteiger partial charge on any atom is 0.0745 e. The van der Waals surface area contributed by atoms with Gasteiger partial charge in [0.05, 0.1) is 25.0 Å². The lowest BCUT2D eigenvalue weighted by Gasteiger charge is -2.01. The molecule has 0 bridgehead atoms. The van der Waals surface area contributed by atoms with Crippen LogP contribution in [0.3, 0.4) is 0 Å². The molecule has 1 N–H and O–H groups in total. The number of nitrogens with one attached hydrogen (secondary N) is 1. The van der Waals surface area contributed by atoms with Crippen molar-refractivity contribution in [2.24, 2.45) is 7.05 Å². The van der Waals surface area contributed by atoms with E-state index in [9.17, 15) is 0 Å². The summed E-state index contributed by atoms with van der Waals surface area (Å²) in [4.78, 5) is 4.94. The molecular weight excluding hydrogens is 144 g/mol. The lowest BCUT2D eigenvalue weighted by atomic mass is 10.5. The van der Waals surface area contributed by atoms with E-state index in [0.29, 0.717) is 13.2 Å². The van der Waals surface area contributed by atoms with Crippen LogP contribution in [0, 0.1) is 0 Å². The van der Waals surface area contributed by atoms with Crippen LogP contribution in [-0.2, 0) is 18.4 Å². The summed E-state index contributed by atoms with van der Waals surface area (Å²) >= 11 is 0. The van der Waals surface area contributed by atoms with Gasteiger partial charge in [-0.2, -0.15) is 5.48 Å². The van der Waals surface area contributed by atoms with Gasteiger partial charge in [0, 0.05) is 7.05 Å². The van der Waals surface area contributed by atoms with Gasteiger partial charge in [-0.15, -0.1) is 5.10 Å². The second-order valence-electron chi connectivity index (χ2n) is 2.10. The molecule has 0 fully saturated rings. The SMILES string of the molecule is CCONCc1cnnn1C. The van der Waals surface area contributed by atoms with Crippen LogP contribution in [0.2, 0.25) is 0 Å². The number of hydrogen-bond acceptors (Lipinski definition) is 4. The molecule has 5 heteroatoms. The molecular formula is C6H12N4O. The van der Waals surface area contributed by atoms with Crippen molar-refractivity contribution >= 4 is 0 Å². The summed E-state index contributed by atoms with van der Waals surface area (Å²) in [6.07, 6.45) is 1.70. The highest BCUT2D eigenvalue weighted by molar-refractivity contribution is 4.91. The molecule has 0 aliphatic heterocycles. The molecule has 0 aliphatic rings. The summed E-state index contributed by atoms with van der Waals surface area (Å²) < 4.78 is 1.70. The minimum Gasteiger partial charge on any atom is -0.302 e. The van der Waals surface area contributed by atoms with Crippen LogP contribution < -0.4 is 5.48 Å². The Labute approximate surface area is 65.3 Å². The van der Waals surface area contributed by atoms with E-state index in [4.69, 9.17) is 4.84 Å². The topological polar surface area (TPSA) is 52.0 Å². The third-order valence-corrected chi connectivity index (χ3v) is 1.31. The van der Waals surface area contributed by atoms with Crippen LogP contribution in [0.25, 0.3) is 0 Å². The summed E-state index contributed by atoms with van der Waals surface area (Å²) in [5, 5.41) is 7.48. The molecule has 1 heterocycles. The highest BCUT2D eigenvalue weighted by Gasteiger charge is 1.96. The maximum absolute atomic E-state index is 4.94. The first-order valence-corrected chi connectivity index (χ1v) is 3.52. The van der Waals surface area contributed by atoms with Crippen molar-refractivity contribution in [1.82, 2.24) is 20.5 Å². The van der Waals surface area contributed by atoms with Crippen molar-refractivity contribution < 1.29 is 4.84 Å². The van der Waals surface area contributed by atoms with Crippen molar-refractivity contribution in [2.45, 2.75) is 13.5 Å². The van der Waals surface area contributed by atoms with Gasteiger partial charge in [0.15, 0.2) is 0 Å². The number of aryl methyl sites for hydroxylation is 1. The molecule has 0 aliphatic carbocycles. The predicted octanol–water partition coefficient (Wildman–Crippen LogP) is -0.144. The Morgan fingerprint density at radius 2 is 2.55 bits per heavy atom. The lowest BCUT2D eigenvalue weighted by molar-refractivity contribution is 0.0449. The van der Waals surface area contributed by atoms with Gasteiger partial charge >= 0.3 is 0 Å². The van der Waals surface area contributed by atoms with Crippen LogP contribution in [-0.4, -0.2) is 21.6 Å². The number of rotatable bonds is 4. The van der Waals surface area contributed by atoms with Crippen LogP contribution in [0.1, 0.15) is 12.6 Å². The van der Waals surface area contributed by atoms with Crippen molar-refractivity contribution in [2.75, 3.05) is 6.61 Å². The van der Waals surface area contributed by atoms with Gasteiger partial charge in [0.25, 0.3) is 0 Å². The Balaban J connectivity index is 2.32. The van der Waals surface area contributed by atoms with Gasteiger partial charge in [0.1, 0.15) is 0 Å². The van der Waals surface area contributed by atoms with E-state index in [1.54, 1.807) is 10.9 Å². The molecule has 1 aromatic heterocycles. The van der Waals surface area contributed by atoms with E-state index in [0.717, 1.165) is 5.69 Å². The molecule has 0 radical (unpaired) electrons. The third kappa shape index (κ3) is 2.28. The zero-order valence-corrected chi connectivity index (χ0v) is 6.74. The van der Waals surface area contributed by atoms with Gasteiger partial charge in [-0.3, -0.25) is 4.68 Å². The first-order valence-electron chi connectivity index (χ1n) is 3.52. The summed E-state index contributed by atoms with van der Waals surface area (Å²) in [5.74, 6) is 0. The predicted molar refractivity (Wildman–Crippen MR) is 39.5 cm³/mol. The maximum atomic E-state index is 4.94. The summed E-state index contributed by atoms with van der Waals surface area (Å²) in [6.45, 7) is 3.22. The summed E-state index contributed by atoms with van der Waals surface area (Å²) in [7, 11) is 1.84. The fourth-order valence-electron chi connectivity index (χ4n) is 0.698. The van der Waals surface area contributed by atoms with E-state index in [1.807, 2.05) is 14.0 Å². The van der Waals surface area contributed by atoms with Crippen LogP contribution >= 0.6 is 0 Å². The Hall–Kier alpha value is -0.940. The minimum absolute atomic E-state index is 0.636. The molecule has 1 aromatic rings. The van der Waals surface area contributed by atoms with Crippen molar-refractivity contribution in [3.63, 3.8) is 0 Å². The first kappa shape index (κ1) is 8.16. The quantitative estimate of drug-likeness (QED) is 0.487. The minimum atomic E-state index is 0.636. The summed E-state index contributed by atoms with van der Waals surface area (Å²) in [6, 6.07) is 0. The third-order valence-electron chi connectivity index (χ3n) is 1.31. The first-order chi connectivity index (χ1) is 5.34. The number of hydroxylamine groups is 1. The molecule has 1 rings (SSSR count). The Bertz CT molecular complexity index is 210. The van der Waals surface area contributed by atoms with Crippen LogP contribution in [0.5, 0.6) is 0 Å². The second-order valence-corrected chi connectivity index (χ2v) is 2.10. The van der Waals surface area contributed by atoms with Gasteiger partial charge in [-0.25, -0.2) is 0 Å². The molecule has 0 aromatic carbocycles. The molecule has 0 saturated heterocycles. The monoisotopic (exact) mass is 156 g/mol. The zero-order chi connectivity index (χ0) is 8.10. The van der Waals surface area contributed by atoms with Crippen molar-refractivity contribution in [3.8, 4) is 0 Å². The molecule has 5 nitrogen and oxygen atoms in total. The standard InChI is InChI=1S/C6H12N4O/c1-3-11-8-5-6-4-7-9-10(6)2/h4,8H,3,5H2,1-2H3. The molecule has 0 saturated carbocycles. The molecule has 62 valence electrons. The zero-order valence-electron chi connectivity index (χ0n) is 6.74. The average Bonchev–Trinajstić information content (AvgIpc) is 2.37. The van der Waals surface area contributed by atoms with Crippen molar-refractivity contribution in [3.05, 3.63) is 11.9 Å². The fraction of sp³-hybridized carbons (Fsp3) is 0.667. The average molecular weight is 156 g/mol.